The summed E-state index contributed by atoms with van der Waals surface area (Å²) < 4.78 is 16.0. The zero-order valence-corrected chi connectivity index (χ0v) is 14.8. The Hall–Kier alpha value is -3.80. The van der Waals surface area contributed by atoms with Crippen molar-refractivity contribution in [1.82, 2.24) is 20.2 Å². The van der Waals surface area contributed by atoms with Crippen molar-refractivity contribution in [2.75, 3.05) is 5.32 Å². The molecule has 1 aliphatic rings. The summed E-state index contributed by atoms with van der Waals surface area (Å²) in [5.74, 6) is 0.198. The highest BCUT2D eigenvalue weighted by Crippen LogP contribution is 2.33. The molecular formula is C22H16FN5. The molecule has 0 fully saturated rings. The second kappa shape index (κ2) is 6.74. The number of nitrogens with zero attached hydrogens (tertiary/aromatic N) is 4. The summed E-state index contributed by atoms with van der Waals surface area (Å²) in [6.45, 7) is 0. The molecule has 2 heterocycles. The highest BCUT2D eigenvalue weighted by atomic mass is 19.1. The Bertz CT molecular complexity index is 1150. The number of nitrogens with one attached hydrogen (secondary N) is 1. The number of allylic oxidation sites excluding steroid dienone is 1. The Morgan fingerprint density at radius 3 is 2.25 bits per heavy atom. The molecule has 5 nitrogen and oxygen atoms in total. The van der Waals surface area contributed by atoms with Crippen molar-refractivity contribution < 1.29 is 4.39 Å². The van der Waals surface area contributed by atoms with Gasteiger partial charge in [0.25, 0.3) is 0 Å². The first-order chi connectivity index (χ1) is 13.8. The van der Waals surface area contributed by atoms with E-state index in [1.807, 2.05) is 42.5 Å². The second-order valence-corrected chi connectivity index (χ2v) is 6.56. The molecule has 1 aliphatic heterocycles. The van der Waals surface area contributed by atoms with E-state index in [1.54, 1.807) is 16.8 Å². The SMILES string of the molecule is Fc1ccccc1[C@@H]1C=C(c2ccc(-c3ccccc3)cc2)Nc2nnnn21. The molecule has 28 heavy (non-hydrogen) atoms. The predicted octanol–water partition coefficient (Wildman–Crippen LogP) is 4.54. The average molecular weight is 369 g/mol. The third-order valence-electron chi connectivity index (χ3n) is 4.85. The highest BCUT2D eigenvalue weighted by Gasteiger charge is 2.26. The molecular weight excluding hydrogens is 353 g/mol. The van der Waals surface area contributed by atoms with Gasteiger partial charge >= 0.3 is 0 Å². The number of aromatic nitrogens is 4. The Kier molecular flexibility index (Phi) is 3.94. The van der Waals surface area contributed by atoms with Gasteiger partial charge in [0, 0.05) is 11.3 Å². The predicted molar refractivity (Wildman–Crippen MR) is 106 cm³/mol. The third kappa shape index (κ3) is 2.85. The summed E-state index contributed by atoms with van der Waals surface area (Å²) in [4.78, 5) is 0. The fourth-order valence-corrected chi connectivity index (χ4v) is 3.43. The van der Waals surface area contributed by atoms with Crippen LogP contribution in [0, 0.1) is 5.82 Å². The van der Waals surface area contributed by atoms with Crippen LogP contribution in [0.2, 0.25) is 0 Å². The molecule has 1 aromatic heterocycles. The Morgan fingerprint density at radius 1 is 0.786 bits per heavy atom. The average Bonchev–Trinajstić information content (AvgIpc) is 3.23. The fourth-order valence-electron chi connectivity index (χ4n) is 3.43. The Balaban J connectivity index is 1.54. The summed E-state index contributed by atoms with van der Waals surface area (Å²) in [5, 5.41) is 15.0. The van der Waals surface area contributed by atoms with E-state index in [9.17, 15) is 4.39 Å². The molecule has 136 valence electrons. The van der Waals surface area contributed by atoms with Crippen LogP contribution in [0.25, 0.3) is 16.8 Å². The normalized spacial score (nSPS) is 15.5. The topological polar surface area (TPSA) is 55.6 Å². The second-order valence-electron chi connectivity index (χ2n) is 6.56. The Labute approximate surface area is 161 Å². The summed E-state index contributed by atoms with van der Waals surface area (Å²) >= 11 is 0. The van der Waals surface area contributed by atoms with Crippen LogP contribution in [-0.2, 0) is 0 Å². The zero-order chi connectivity index (χ0) is 18.9. The molecule has 3 aromatic carbocycles. The molecule has 0 spiro atoms. The molecule has 0 saturated carbocycles. The van der Waals surface area contributed by atoms with Crippen LogP contribution in [0.4, 0.5) is 10.3 Å². The standard InChI is InChI=1S/C22H16FN5/c23-19-9-5-4-8-18(19)21-14-20(24-22-25-26-27-28(21)22)17-12-10-16(11-13-17)15-6-2-1-3-7-15/h1-14,21H,(H,24,25,27)/t21-/m0/s1. The van der Waals surface area contributed by atoms with E-state index >= 15 is 0 Å². The van der Waals surface area contributed by atoms with Gasteiger partial charge in [0.1, 0.15) is 11.9 Å². The van der Waals surface area contributed by atoms with E-state index in [4.69, 9.17) is 0 Å². The highest BCUT2D eigenvalue weighted by molar-refractivity contribution is 5.78. The van der Waals surface area contributed by atoms with Gasteiger partial charge in [-0.1, -0.05) is 77.9 Å². The maximum Gasteiger partial charge on any atom is 0.248 e. The van der Waals surface area contributed by atoms with Gasteiger partial charge in [0.15, 0.2) is 0 Å². The number of hydrogen-bond donors (Lipinski definition) is 1. The minimum Gasteiger partial charge on any atom is -0.323 e. The first-order valence-electron chi connectivity index (χ1n) is 8.96. The lowest BCUT2D eigenvalue weighted by atomic mass is 9.99. The van der Waals surface area contributed by atoms with Crippen molar-refractivity contribution in [3.05, 3.63) is 102 Å². The number of benzene rings is 3. The molecule has 0 radical (unpaired) electrons. The number of fused-ring (bicyclic) bond motifs is 1. The van der Waals surface area contributed by atoms with E-state index in [2.05, 4.69) is 45.1 Å². The van der Waals surface area contributed by atoms with Crippen LogP contribution in [0.1, 0.15) is 17.2 Å². The zero-order valence-electron chi connectivity index (χ0n) is 14.8. The van der Waals surface area contributed by atoms with Gasteiger partial charge in [-0.2, -0.15) is 4.68 Å². The van der Waals surface area contributed by atoms with Crippen molar-refractivity contribution in [3.63, 3.8) is 0 Å². The van der Waals surface area contributed by atoms with Crippen LogP contribution in [0.5, 0.6) is 0 Å². The molecule has 1 atom stereocenters. The van der Waals surface area contributed by atoms with Crippen LogP contribution < -0.4 is 5.32 Å². The molecule has 4 aromatic rings. The van der Waals surface area contributed by atoms with E-state index in [1.165, 1.54) is 6.07 Å². The molecule has 0 bridgehead atoms. The monoisotopic (exact) mass is 369 g/mol. The van der Waals surface area contributed by atoms with Crippen molar-refractivity contribution >= 4 is 11.6 Å². The minimum atomic E-state index is -0.420. The van der Waals surface area contributed by atoms with Gasteiger partial charge in [-0.25, -0.2) is 4.39 Å². The molecule has 0 aliphatic carbocycles. The van der Waals surface area contributed by atoms with Crippen molar-refractivity contribution in [2.45, 2.75) is 6.04 Å². The van der Waals surface area contributed by atoms with E-state index in [-0.39, 0.29) is 5.82 Å². The fraction of sp³-hybridized carbons (Fsp3) is 0.0455. The van der Waals surface area contributed by atoms with Crippen LogP contribution in [-0.4, -0.2) is 20.2 Å². The minimum absolute atomic E-state index is 0.286. The van der Waals surface area contributed by atoms with E-state index in [0.717, 1.165) is 22.4 Å². The Morgan fingerprint density at radius 2 is 1.46 bits per heavy atom. The maximum absolute atomic E-state index is 14.4. The quantitative estimate of drug-likeness (QED) is 0.576. The molecule has 1 N–H and O–H groups in total. The number of halogens is 1. The van der Waals surface area contributed by atoms with Gasteiger partial charge in [0.2, 0.25) is 5.95 Å². The lowest BCUT2D eigenvalue weighted by Gasteiger charge is -2.23. The third-order valence-corrected chi connectivity index (χ3v) is 4.85. The van der Waals surface area contributed by atoms with Crippen LogP contribution >= 0.6 is 0 Å². The number of hydrogen-bond acceptors (Lipinski definition) is 4. The van der Waals surface area contributed by atoms with Gasteiger partial charge in [-0.3, -0.25) is 0 Å². The molecule has 5 rings (SSSR count). The van der Waals surface area contributed by atoms with Crippen LogP contribution in [0.3, 0.4) is 0 Å². The summed E-state index contributed by atoms with van der Waals surface area (Å²) in [7, 11) is 0. The summed E-state index contributed by atoms with van der Waals surface area (Å²) in [6, 6.07) is 24.7. The van der Waals surface area contributed by atoms with Crippen molar-refractivity contribution in [2.24, 2.45) is 0 Å². The van der Waals surface area contributed by atoms with Crippen LogP contribution in [0.15, 0.2) is 84.9 Å². The van der Waals surface area contributed by atoms with Gasteiger partial charge < -0.3 is 5.32 Å². The first-order valence-corrected chi connectivity index (χ1v) is 8.96. The van der Waals surface area contributed by atoms with Gasteiger partial charge in [-0.05, 0) is 39.3 Å². The number of anilines is 1. The molecule has 0 saturated heterocycles. The summed E-state index contributed by atoms with van der Waals surface area (Å²) in [6.07, 6.45) is 1.94. The van der Waals surface area contributed by atoms with Gasteiger partial charge in [0.05, 0.1) is 0 Å². The smallest absolute Gasteiger partial charge is 0.248 e. The first kappa shape index (κ1) is 16.4. The van der Waals surface area contributed by atoms with Crippen molar-refractivity contribution in [3.8, 4) is 11.1 Å². The largest absolute Gasteiger partial charge is 0.323 e. The van der Waals surface area contributed by atoms with E-state index < -0.39 is 6.04 Å². The number of tetrazole rings is 1. The van der Waals surface area contributed by atoms with Gasteiger partial charge in [-0.15, -0.1) is 0 Å². The molecule has 0 amide bonds. The summed E-state index contributed by atoms with van der Waals surface area (Å²) in [5.41, 5.74) is 4.64. The van der Waals surface area contributed by atoms with Crippen molar-refractivity contribution in [1.29, 1.82) is 0 Å². The molecule has 6 heteroatoms. The maximum atomic E-state index is 14.4. The molecule has 0 unspecified atom stereocenters. The lowest BCUT2D eigenvalue weighted by Crippen LogP contribution is -2.21. The number of rotatable bonds is 3. The lowest BCUT2D eigenvalue weighted by molar-refractivity contribution is 0.540. The van der Waals surface area contributed by atoms with E-state index in [0.29, 0.717) is 11.5 Å².